The quantitative estimate of drug-likeness (QED) is 0.835. The second-order valence-corrected chi connectivity index (χ2v) is 5.65. The minimum absolute atomic E-state index is 0.105. The Kier molecular flexibility index (Phi) is 5.25. The number of hydrogen-bond donors (Lipinski definition) is 1. The van der Waals surface area contributed by atoms with Crippen molar-refractivity contribution in [3.63, 3.8) is 0 Å². The molecule has 0 bridgehead atoms. The van der Waals surface area contributed by atoms with Gasteiger partial charge in [-0.1, -0.05) is 26.7 Å². The number of amides is 1. The number of esters is 1. The molecule has 114 valence electrons. The van der Waals surface area contributed by atoms with Crippen LogP contribution in [0, 0.1) is 5.92 Å². The first-order valence-corrected chi connectivity index (χ1v) is 7.35. The van der Waals surface area contributed by atoms with Crippen LogP contribution in [0.1, 0.15) is 50.0 Å². The molecule has 1 amide bonds. The zero-order valence-electron chi connectivity index (χ0n) is 12.4. The van der Waals surface area contributed by atoms with Crippen molar-refractivity contribution >= 4 is 11.9 Å². The molecule has 1 heterocycles. The Balaban J connectivity index is 1.98. The van der Waals surface area contributed by atoms with Crippen LogP contribution in [0.4, 0.5) is 0 Å². The first-order chi connectivity index (χ1) is 10.1. The zero-order valence-corrected chi connectivity index (χ0v) is 12.4. The lowest BCUT2D eigenvalue weighted by atomic mass is 10.1. The SMILES string of the molecule is CC(C)[C@H](OC(=O)c1cnccn1)C(=O)NC1CCCC1. The van der Waals surface area contributed by atoms with Gasteiger partial charge in [0.1, 0.15) is 0 Å². The summed E-state index contributed by atoms with van der Waals surface area (Å²) in [5, 5.41) is 2.96. The smallest absolute Gasteiger partial charge is 0.359 e. The average Bonchev–Trinajstić information content (AvgIpc) is 2.97. The van der Waals surface area contributed by atoms with E-state index in [0.717, 1.165) is 25.7 Å². The van der Waals surface area contributed by atoms with Gasteiger partial charge in [0.2, 0.25) is 0 Å². The van der Waals surface area contributed by atoms with Crippen molar-refractivity contribution in [2.45, 2.75) is 51.7 Å². The summed E-state index contributed by atoms with van der Waals surface area (Å²) in [5.74, 6) is -0.954. The van der Waals surface area contributed by atoms with Crippen molar-refractivity contribution in [2.24, 2.45) is 5.92 Å². The van der Waals surface area contributed by atoms with Gasteiger partial charge in [0.25, 0.3) is 5.91 Å². The van der Waals surface area contributed by atoms with Crippen molar-refractivity contribution in [1.82, 2.24) is 15.3 Å². The van der Waals surface area contributed by atoms with Crippen molar-refractivity contribution in [3.8, 4) is 0 Å². The van der Waals surface area contributed by atoms with Gasteiger partial charge in [-0.25, -0.2) is 9.78 Å². The largest absolute Gasteiger partial charge is 0.447 e. The minimum atomic E-state index is -0.805. The number of nitrogens with zero attached hydrogens (tertiary/aromatic N) is 2. The maximum atomic E-state index is 12.3. The van der Waals surface area contributed by atoms with E-state index in [2.05, 4.69) is 15.3 Å². The molecule has 6 heteroatoms. The monoisotopic (exact) mass is 291 g/mol. The summed E-state index contributed by atoms with van der Waals surface area (Å²) in [6.45, 7) is 3.70. The van der Waals surface area contributed by atoms with Gasteiger partial charge in [0, 0.05) is 18.4 Å². The van der Waals surface area contributed by atoms with Crippen LogP contribution in [0.3, 0.4) is 0 Å². The molecule has 0 saturated heterocycles. The lowest BCUT2D eigenvalue weighted by Gasteiger charge is -2.22. The zero-order chi connectivity index (χ0) is 15.2. The summed E-state index contributed by atoms with van der Waals surface area (Å²) in [6.07, 6.45) is 7.68. The maximum Gasteiger partial charge on any atom is 0.359 e. The molecule has 0 aromatic carbocycles. The van der Waals surface area contributed by atoms with Crippen LogP contribution in [-0.2, 0) is 9.53 Å². The third-order valence-electron chi connectivity index (χ3n) is 3.57. The van der Waals surface area contributed by atoms with Gasteiger partial charge in [0.15, 0.2) is 11.8 Å². The molecule has 0 aliphatic heterocycles. The summed E-state index contributed by atoms with van der Waals surface area (Å²) in [5.41, 5.74) is 0.108. The highest BCUT2D eigenvalue weighted by atomic mass is 16.5. The highest BCUT2D eigenvalue weighted by molar-refractivity contribution is 5.90. The number of ether oxygens (including phenoxy) is 1. The average molecular weight is 291 g/mol. The van der Waals surface area contributed by atoms with E-state index in [-0.39, 0.29) is 23.6 Å². The van der Waals surface area contributed by atoms with E-state index in [1.54, 1.807) is 0 Å². The third-order valence-corrected chi connectivity index (χ3v) is 3.57. The molecule has 1 aromatic heterocycles. The molecule has 6 nitrogen and oxygen atoms in total. The van der Waals surface area contributed by atoms with E-state index in [1.807, 2.05) is 13.8 Å². The van der Waals surface area contributed by atoms with Crippen molar-refractivity contribution in [1.29, 1.82) is 0 Å². The Bertz CT molecular complexity index is 484. The van der Waals surface area contributed by atoms with E-state index in [4.69, 9.17) is 4.74 Å². The van der Waals surface area contributed by atoms with Crippen molar-refractivity contribution in [3.05, 3.63) is 24.3 Å². The van der Waals surface area contributed by atoms with E-state index in [0.29, 0.717) is 0 Å². The summed E-state index contributed by atoms with van der Waals surface area (Å²) >= 11 is 0. The molecule has 1 aliphatic carbocycles. The van der Waals surface area contributed by atoms with Crippen LogP contribution in [0.2, 0.25) is 0 Å². The molecular formula is C15H21N3O3. The summed E-state index contributed by atoms with van der Waals surface area (Å²) < 4.78 is 5.32. The standard InChI is InChI=1S/C15H21N3O3/c1-10(2)13(14(19)18-11-5-3-4-6-11)21-15(20)12-9-16-7-8-17-12/h7-11,13H,3-6H2,1-2H3,(H,18,19)/t13-/m0/s1. The van der Waals surface area contributed by atoms with Crippen LogP contribution < -0.4 is 5.32 Å². The number of nitrogens with one attached hydrogen (secondary N) is 1. The molecule has 1 aliphatic rings. The molecule has 1 saturated carbocycles. The first-order valence-electron chi connectivity index (χ1n) is 7.35. The maximum absolute atomic E-state index is 12.3. The fraction of sp³-hybridized carbons (Fsp3) is 0.600. The molecule has 2 rings (SSSR count). The van der Waals surface area contributed by atoms with Gasteiger partial charge >= 0.3 is 5.97 Å². The molecule has 1 fully saturated rings. The predicted octanol–water partition coefficient (Wildman–Crippen LogP) is 1.72. The highest BCUT2D eigenvalue weighted by Crippen LogP contribution is 2.19. The normalized spacial score (nSPS) is 16.7. The van der Waals surface area contributed by atoms with Gasteiger partial charge in [-0.3, -0.25) is 9.78 Å². The second kappa shape index (κ2) is 7.15. The minimum Gasteiger partial charge on any atom is -0.447 e. The lowest BCUT2D eigenvalue weighted by Crippen LogP contribution is -2.44. The Labute approximate surface area is 124 Å². The second-order valence-electron chi connectivity index (χ2n) is 5.65. The molecule has 21 heavy (non-hydrogen) atoms. The lowest BCUT2D eigenvalue weighted by molar-refractivity contribution is -0.132. The molecular weight excluding hydrogens is 270 g/mol. The van der Waals surface area contributed by atoms with Gasteiger partial charge in [-0.2, -0.15) is 0 Å². The molecule has 1 N–H and O–H groups in total. The summed E-state index contributed by atoms with van der Waals surface area (Å²) in [4.78, 5) is 32.0. The number of carbonyl (C=O) groups excluding carboxylic acids is 2. The highest BCUT2D eigenvalue weighted by Gasteiger charge is 2.29. The molecule has 0 unspecified atom stereocenters. The topological polar surface area (TPSA) is 81.2 Å². The Morgan fingerprint density at radius 1 is 1.29 bits per heavy atom. The van der Waals surface area contributed by atoms with E-state index in [1.165, 1.54) is 18.6 Å². The number of rotatable bonds is 5. The molecule has 1 atom stereocenters. The van der Waals surface area contributed by atoms with E-state index >= 15 is 0 Å². The van der Waals surface area contributed by atoms with Crippen LogP contribution in [0.15, 0.2) is 18.6 Å². The van der Waals surface area contributed by atoms with Gasteiger partial charge in [-0.15, -0.1) is 0 Å². The third kappa shape index (κ3) is 4.24. The van der Waals surface area contributed by atoms with E-state index in [9.17, 15) is 9.59 Å². The number of hydrogen-bond acceptors (Lipinski definition) is 5. The van der Waals surface area contributed by atoms with Crippen LogP contribution in [0.25, 0.3) is 0 Å². The fourth-order valence-corrected chi connectivity index (χ4v) is 2.43. The van der Waals surface area contributed by atoms with Crippen LogP contribution >= 0.6 is 0 Å². The van der Waals surface area contributed by atoms with Crippen LogP contribution in [0.5, 0.6) is 0 Å². The summed E-state index contributed by atoms with van der Waals surface area (Å²) in [6, 6.07) is 0.203. The summed E-state index contributed by atoms with van der Waals surface area (Å²) in [7, 11) is 0. The van der Waals surface area contributed by atoms with E-state index < -0.39 is 12.1 Å². The fourth-order valence-electron chi connectivity index (χ4n) is 2.43. The predicted molar refractivity (Wildman–Crippen MR) is 76.5 cm³/mol. The molecule has 0 radical (unpaired) electrons. The van der Waals surface area contributed by atoms with Gasteiger partial charge in [0.05, 0.1) is 6.20 Å². The number of carbonyl (C=O) groups is 2. The molecule has 1 aromatic rings. The van der Waals surface area contributed by atoms with Gasteiger partial charge < -0.3 is 10.1 Å². The first kappa shape index (κ1) is 15.4. The van der Waals surface area contributed by atoms with Crippen molar-refractivity contribution < 1.29 is 14.3 Å². The van der Waals surface area contributed by atoms with Crippen LogP contribution in [-0.4, -0.2) is 34.0 Å². The Hall–Kier alpha value is -1.98. The molecule has 0 spiro atoms. The number of aromatic nitrogens is 2. The Morgan fingerprint density at radius 2 is 2.00 bits per heavy atom. The van der Waals surface area contributed by atoms with Crippen molar-refractivity contribution in [2.75, 3.05) is 0 Å². The van der Waals surface area contributed by atoms with Gasteiger partial charge in [-0.05, 0) is 18.8 Å². The Morgan fingerprint density at radius 3 is 2.57 bits per heavy atom.